The quantitative estimate of drug-likeness (QED) is 0.245. The highest BCUT2D eigenvalue weighted by Gasteiger charge is 2.05. The van der Waals surface area contributed by atoms with E-state index in [1.807, 2.05) is 31.3 Å². The molecule has 2 rings (SSSR count). The largest absolute Gasteiger partial charge is 0.385 e. The zero-order chi connectivity index (χ0) is 17.0. The van der Waals surface area contributed by atoms with Crippen molar-refractivity contribution in [3.8, 4) is 0 Å². The van der Waals surface area contributed by atoms with Gasteiger partial charge in [-0.3, -0.25) is 4.99 Å². The topological polar surface area (TPSA) is 48.5 Å². The fourth-order valence-corrected chi connectivity index (χ4v) is 2.45. The van der Waals surface area contributed by atoms with Gasteiger partial charge in [0, 0.05) is 32.4 Å². The van der Waals surface area contributed by atoms with Crippen LogP contribution in [0.25, 0.3) is 0 Å². The van der Waals surface area contributed by atoms with Crippen LogP contribution in [0.3, 0.4) is 0 Å². The summed E-state index contributed by atoms with van der Waals surface area (Å²) >= 11 is 0. The molecule has 0 amide bonds. The molecule has 0 aromatic heterocycles. The average Bonchev–Trinajstić information content (AvgIpc) is 2.65. The van der Waals surface area contributed by atoms with Crippen molar-refractivity contribution < 1.29 is 0 Å². The number of nitrogens with zero attached hydrogens (tertiary/aromatic N) is 1. The molecule has 0 aliphatic rings. The van der Waals surface area contributed by atoms with Crippen LogP contribution in [0.5, 0.6) is 0 Å². The van der Waals surface area contributed by atoms with Gasteiger partial charge in [0.1, 0.15) is 0 Å². The van der Waals surface area contributed by atoms with Crippen molar-refractivity contribution in [3.05, 3.63) is 66.2 Å². The highest BCUT2D eigenvalue weighted by Crippen LogP contribution is 2.12. The Bertz CT molecular complexity index is 602. The molecule has 0 saturated heterocycles. The van der Waals surface area contributed by atoms with Crippen LogP contribution in [0.2, 0.25) is 0 Å². The first kappa shape index (κ1) is 21.3. The zero-order valence-electron chi connectivity index (χ0n) is 15.0. The maximum absolute atomic E-state index is 4.28. The highest BCUT2D eigenvalue weighted by molar-refractivity contribution is 14.0. The van der Waals surface area contributed by atoms with E-state index in [-0.39, 0.29) is 24.0 Å². The minimum atomic E-state index is 0. The van der Waals surface area contributed by atoms with E-state index in [9.17, 15) is 0 Å². The number of hydrogen-bond donors (Lipinski definition) is 3. The summed E-state index contributed by atoms with van der Waals surface area (Å²) in [7, 11) is 1.81. The lowest BCUT2D eigenvalue weighted by Crippen LogP contribution is -2.39. The summed E-state index contributed by atoms with van der Waals surface area (Å²) in [5.41, 5.74) is 2.50. The maximum atomic E-state index is 4.28. The number of halogens is 1. The lowest BCUT2D eigenvalue weighted by molar-refractivity contribution is 0.693. The Morgan fingerprint density at radius 2 is 1.56 bits per heavy atom. The molecule has 0 aliphatic carbocycles. The SMILES string of the molecule is CN=C(NCCCNc1ccccc1)NCC(C)c1ccccc1.I. The Labute approximate surface area is 168 Å². The van der Waals surface area contributed by atoms with Crippen LogP contribution in [0.15, 0.2) is 65.7 Å². The maximum Gasteiger partial charge on any atom is 0.190 e. The first-order valence-electron chi connectivity index (χ1n) is 8.58. The fraction of sp³-hybridized carbons (Fsp3) is 0.350. The molecule has 2 aromatic carbocycles. The van der Waals surface area contributed by atoms with Crippen molar-refractivity contribution in [2.45, 2.75) is 19.3 Å². The van der Waals surface area contributed by atoms with Gasteiger partial charge in [0.15, 0.2) is 5.96 Å². The third-order valence-electron chi connectivity index (χ3n) is 3.92. The number of anilines is 1. The number of benzene rings is 2. The van der Waals surface area contributed by atoms with Crippen molar-refractivity contribution in [3.63, 3.8) is 0 Å². The molecule has 0 radical (unpaired) electrons. The molecule has 4 nitrogen and oxygen atoms in total. The van der Waals surface area contributed by atoms with Crippen LogP contribution in [-0.4, -0.2) is 32.6 Å². The molecule has 2 aromatic rings. The molecule has 0 heterocycles. The van der Waals surface area contributed by atoms with E-state index >= 15 is 0 Å². The van der Waals surface area contributed by atoms with Crippen molar-refractivity contribution in [1.82, 2.24) is 10.6 Å². The molecular formula is C20H29IN4. The van der Waals surface area contributed by atoms with Gasteiger partial charge in [-0.05, 0) is 30.0 Å². The summed E-state index contributed by atoms with van der Waals surface area (Å²) in [4.78, 5) is 4.28. The molecule has 0 bridgehead atoms. The number of aliphatic imine (C=N–C) groups is 1. The van der Waals surface area contributed by atoms with E-state index in [0.717, 1.165) is 37.7 Å². The lowest BCUT2D eigenvalue weighted by atomic mass is 10.0. The second-order valence-corrected chi connectivity index (χ2v) is 5.84. The molecule has 1 unspecified atom stereocenters. The van der Waals surface area contributed by atoms with Crippen LogP contribution in [-0.2, 0) is 0 Å². The van der Waals surface area contributed by atoms with Gasteiger partial charge in [0.05, 0.1) is 0 Å². The van der Waals surface area contributed by atoms with Gasteiger partial charge in [-0.15, -0.1) is 24.0 Å². The van der Waals surface area contributed by atoms with Gasteiger partial charge in [0.2, 0.25) is 0 Å². The fourth-order valence-electron chi connectivity index (χ4n) is 2.45. The molecule has 3 N–H and O–H groups in total. The van der Waals surface area contributed by atoms with Crippen LogP contribution in [0, 0.1) is 0 Å². The minimum absolute atomic E-state index is 0. The summed E-state index contributed by atoms with van der Waals surface area (Å²) in [5.74, 6) is 1.31. The summed E-state index contributed by atoms with van der Waals surface area (Å²) in [5, 5.41) is 10.2. The number of guanidine groups is 1. The summed E-state index contributed by atoms with van der Waals surface area (Å²) in [6.07, 6.45) is 1.03. The van der Waals surface area contributed by atoms with Gasteiger partial charge in [-0.25, -0.2) is 0 Å². The van der Waals surface area contributed by atoms with E-state index in [1.165, 1.54) is 5.56 Å². The average molecular weight is 452 g/mol. The van der Waals surface area contributed by atoms with Gasteiger partial charge >= 0.3 is 0 Å². The Hall–Kier alpha value is -1.76. The number of rotatable bonds is 8. The molecule has 0 saturated carbocycles. The Balaban J connectivity index is 0.00000312. The van der Waals surface area contributed by atoms with Gasteiger partial charge in [0.25, 0.3) is 0 Å². The molecule has 1 atom stereocenters. The monoisotopic (exact) mass is 452 g/mol. The van der Waals surface area contributed by atoms with Crippen LogP contribution >= 0.6 is 24.0 Å². The van der Waals surface area contributed by atoms with Gasteiger partial charge < -0.3 is 16.0 Å². The predicted molar refractivity (Wildman–Crippen MR) is 119 cm³/mol. The second kappa shape index (κ2) is 12.6. The summed E-state index contributed by atoms with van der Waals surface area (Å²) in [6.45, 7) is 4.92. The zero-order valence-corrected chi connectivity index (χ0v) is 17.4. The smallest absolute Gasteiger partial charge is 0.190 e. The molecule has 136 valence electrons. The normalized spacial score (nSPS) is 12.0. The first-order valence-corrected chi connectivity index (χ1v) is 8.58. The summed E-state index contributed by atoms with van der Waals surface area (Å²) in [6, 6.07) is 20.8. The molecule has 0 aliphatic heterocycles. The van der Waals surface area contributed by atoms with E-state index in [1.54, 1.807) is 0 Å². The summed E-state index contributed by atoms with van der Waals surface area (Å²) < 4.78 is 0. The third-order valence-corrected chi connectivity index (χ3v) is 3.92. The van der Waals surface area contributed by atoms with Gasteiger partial charge in [-0.1, -0.05) is 55.5 Å². The third kappa shape index (κ3) is 8.25. The van der Waals surface area contributed by atoms with Crippen molar-refractivity contribution in [2.75, 3.05) is 32.0 Å². The lowest BCUT2D eigenvalue weighted by Gasteiger charge is -2.16. The molecule has 0 spiro atoms. The van der Waals surface area contributed by atoms with Crippen LogP contribution < -0.4 is 16.0 Å². The standard InChI is InChI=1S/C20H28N4.HI/c1-17(18-10-5-3-6-11-18)16-24-20(21-2)23-15-9-14-22-19-12-7-4-8-13-19;/h3-8,10-13,17,22H,9,14-16H2,1-2H3,(H2,21,23,24);1H. The first-order chi connectivity index (χ1) is 11.8. The Morgan fingerprint density at radius 1 is 0.920 bits per heavy atom. The predicted octanol–water partition coefficient (Wildman–Crippen LogP) is 4.08. The van der Waals surface area contributed by atoms with Crippen LogP contribution in [0.1, 0.15) is 24.8 Å². The van der Waals surface area contributed by atoms with Crippen molar-refractivity contribution >= 4 is 35.6 Å². The van der Waals surface area contributed by atoms with Crippen molar-refractivity contribution in [1.29, 1.82) is 0 Å². The number of para-hydroxylation sites is 1. The van der Waals surface area contributed by atoms with E-state index < -0.39 is 0 Å². The Morgan fingerprint density at radius 3 is 2.20 bits per heavy atom. The molecular weight excluding hydrogens is 423 g/mol. The van der Waals surface area contributed by atoms with Crippen molar-refractivity contribution in [2.24, 2.45) is 4.99 Å². The number of hydrogen-bond acceptors (Lipinski definition) is 2. The number of nitrogens with one attached hydrogen (secondary N) is 3. The molecule has 5 heteroatoms. The second-order valence-electron chi connectivity index (χ2n) is 5.84. The highest BCUT2D eigenvalue weighted by atomic mass is 127. The minimum Gasteiger partial charge on any atom is -0.385 e. The van der Waals surface area contributed by atoms with E-state index in [0.29, 0.717) is 5.92 Å². The molecule has 0 fully saturated rings. The van der Waals surface area contributed by atoms with Gasteiger partial charge in [-0.2, -0.15) is 0 Å². The Kier molecular flexibility index (Phi) is 10.7. The van der Waals surface area contributed by atoms with Crippen LogP contribution in [0.4, 0.5) is 5.69 Å². The molecule has 25 heavy (non-hydrogen) atoms. The van der Waals surface area contributed by atoms with E-state index in [4.69, 9.17) is 0 Å². The van der Waals surface area contributed by atoms with E-state index in [2.05, 4.69) is 64.3 Å².